The summed E-state index contributed by atoms with van der Waals surface area (Å²) in [7, 11) is 0. The van der Waals surface area contributed by atoms with E-state index >= 15 is 0 Å². The lowest BCUT2D eigenvalue weighted by molar-refractivity contribution is -0.145. The molecule has 0 radical (unpaired) electrons. The molecule has 0 amide bonds. The highest BCUT2D eigenvalue weighted by atomic mass is 16.5. The number of nitrogens with zero attached hydrogens (tertiary/aromatic N) is 1. The van der Waals surface area contributed by atoms with E-state index in [2.05, 4.69) is 4.98 Å². The van der Waals surface area contributed by atoms with Crippen LogP contribution in [0.1, 0.15) is 25.7 Å². The first-order chi connectivity index (χ1) is 10.1. The average molecular weight is 286 g/mol. The van der Waals surface area contributed by atoms with E-state index < -0.39 is 11.5 Å². The number of aromatic nitrogens is 1. The van der Waals surface area contributed by atoms with Crippen molar-refractivity contribution >= 4 is 16.9 Å². The summed E-state index contributed by atoms with van der Waals surface area (Å²) in [6, 6.07) is 9.59. The Morgan fingerprint density at radius 1 is 1.43 bits per heavy atom. The molecule has 1 aromatic heterocycles. The van der Waals surface area contributed by atoms with Crippen LogP contribution in [0.3, 0.4) is 0 Å². The van der Waals surface area contributed by atoms with E-state index in [1.54, 1.807) is 6.20 Å². The largest absolute Gasteiger partial charge is 0.490 e. The molecule has 1 heterocycles. The monoisotopic (exact) mass is 286 g/mol. The molecule has 2 unspecified atom stereocenters. The second-order valence-corrected chi connectivity index (χ2v) is 5.66. The molecule has 2 atom stereocenters. The molecule has 5 nitrogen and oxygen atoms in total. The van der Waals surface area contributed by atoms with Crippen molar-refractivity contribution in [1.82, 2.24) is 4.98 Å². The van der Waals surface area contributed by atoms with Crippen molar-refractivity contribution < 1.29 is 14.6 Å². The highest BCUT2D eigenvalue weighted by Gasteiger charge is 2.40. The van der Waals surface area contributed by atoms with Crippen LogP contribution in [-0.2, 0) is 4.79 Å². The SMILES string of the molecule is NC1(C(=O)O)CCCC(Oc2ccc3cccnc3c2)C1. The van der Waals surface area contributed by atoms with Crippen LogP contribution in [0, 0.1) is 0 Å². The molecule has 1 saturated carbocycles. The van der Waals surface area contributed by atoms with Gasteiger partial charge in [-0.25, -0.2) is 0 Å². The fourth-order valence-electron chi connectivity index (χ4n) is 2.86. The first-order valence-electron chi connectivity index (χ1n) is 7.11. The molecule has 110 valence electrons. The van der Waals surface area contributed by atoms with Crippen LogP contribution in [0.2, 0.25) is 0 Å². The van der Waals surface area contributed by atoms with Gasteiger partial charge in [0.1, 0.15) is 17.4 Å². The summed E-state index contributed by atoms with van der Waals surface area (Å²) in [4.78, 5) is 15.6. The van der Waals surface area contributed by atoms with Crippen molar-refractivity contribution in [2.75, 3.05) is 0 Å². The summed E-state index contributed by atoms with van der Waals surface area (Å²) >= 11 is 0. The Hall–Kier alpha value is -2.14. The molecule has 1 fully saturated rings. The van der Waals surface area contributed by atoms with Crippen molar-refractivity contribution in [1.29, 1.82) is 0 Å². The summed E-state index contributed by atoms with van der Waals surface area (Å²) in [6.07, 6.45) is 4.00. The quantitative estimate of drug-likeness (QED) is 0.904. The number of carboxylic acids is 1. The minimum atomic E-state index is -1.17. The lowest BCUT2D eigenvalue weighted by Gasteiger charge is -2.34. The topological polar surface area (TPSA) is 85.4 Å². The minimum Gasteiger partial charge on any atom is -0.490 e. The van der Waals surface area contributed by atoms with Gasteiger partial charge in [0, 0.05) is 24.1 Å². The Balaban J connectivity index is 1.77. The van der Waals surface area contributed by atoms with Crippen molar-refractivity contribution in [3.05, 3.63) is 36.5 Å². The van der Waals surface area contributed by atoms with E-state index in [0.717, 1.165) is 23.7 Å². The average Bonchev–Trinajstić information content (AvgIpc) is 2.47. The smallest absolute Gasteiger partial charge is 0.323 e. The van der Waals surface area contributed by atoms with E-state index in [-0.39, 0.29) is 6.10 Å². The second-order valence-electron chi connectivity index (χ2n) is 5.66. The number of fused-ring (bicyclic) bond motifs is 1. The van der Waals surface area contributed by atoms with Crippen LogP contribution in [0.4, 0.5) is 0 Å². The maximum atomic E-state index is 11.3. The number of pyridine rings is 1. The summed E-state index contributed by atoms with van der Waals surface area (Å²) < 4.78 is 5.93. The zero-order chi connectivity index (χ0) is 14.9. The van der Waals surface area contributed by atoms with Crippen molar-refractivity contribution in [3.8, 4) is 5.75 Å². The molecule has 0 saturated heterocycles. The lowest BCUT2D eigenvalue weighted by atomic mass is 9.81. The predicted octanol–water partition coefficient (Wildman–Crippen LogP) is 2.34. The lowest BCUT2D eigenvalue weighted by Crippen LogP contribution is -2.53. The van der Waals surface area contributed by atoms with Crippen LogP contribution in [0.25, 0.3) is 10.9 Å². The van der Waals surface area contributed by atoms with Crippen molar-refractivity contribution in [2.24, 2.45) is 5.73 Å². The molecule has 21 heavy (non-hydrogen) atoms. The molecular formula is C16H18N2O3. The molecule has 1 aliphatic rings. The Bertz CT molecular complexity index is 673. The molecule has 5 heteroatoms. The van der Waals surface area contributed by atoms with E-state index in [9.17, 15) is 9.90 Å². The van der Waals surface area contributed by atoms with Gasteiger partial charge in [-0.1, -0.05) is 6.07 Å². The van der Waals surface area contributed by atoms with Crippen molar-refractivity contribution in [2.45, 2.75) is 37.3 Å². The van der Waals surface area contributed by atoms with Crippen LogP contribution >= 0.6 is 0 Å². The van der Waals surface area contributed by atoms with Crippen molar-refractivity contribution in [3.63, 3.8) is 0 Å². The fraction of sp³-hybridized carbons (Fsp3) is 0.375. The third-order valence-corrected chi connectivity index (χ3v) is 4.05. The van der Waals surface area contributed by atoms with Gasteiger partial charge in [0.25, 0.3) is 0 Å². The van der Waals surface area contributed by atoms with Crippen LogP contribution in [0.15, 0.2) is 36.5 Å². The number of carbonyl (C=O) groups is 1. The normalized spacial score (nSPS) is 25.7. The minimum absolute atomic E-state index is 0.166. The van der Waals surface area contributed by atoms with Gasteiger partial charge in [-0.05, 0) is 37.5 Å². The van der Waals surface area contributed by atoms with E-state index in [1.165, 1.54) is 0 Å². The van der Waals surface area contributed by atoms with Gasteiger partial charge in [-0.3, -0.25) is 9.78 Å². The third-order valence-electron chi connectivity index (χ3n) is 4.05. The second kappa shape index (κ2) is 5.33. The van der Waals surface area contributed by atoms with E-state index in [4.69, 9.17) is 10.5 Å². The molecule has 0 bridgehead atoms. The predicted molar refractivity (Wildman–Crippen MR) is 79.2 cm³/mol. The van der Waals surface area contributed by atoms with Gasteiger partial charge in [0.05, 0.1) is 5.52 Å². The van der Waals surface area contributed by atoms with Gasteiger partial charge in [-0.15, -0.1) is 0 Å². The zero-order valence-electron chi connectivity index (χ0n) is 11.7. The number of ether oxygens (including phenoxy) is 1. The molecule has 0 aliphatic heterocycles. The standard InChI is InChI=1S/C16H18N2O3/c17-16(15(19)20)7-1-4-13(10-16)21-12-6-5-11-3-2-8-18-14(11)9-12/h2-3,5-6,8-9,13H,1,4,7,10,17H2,(H,19,20). The third kappa shape index (κ3) is 2.83. The first-order valence-corrected chi connectivity index (χ1v) is 7.11. The zero-order valence-corrected chi connectivity index (χ0v) is 11.7. The molecule has 1 aliphatic carbocycles. The Labute approximate surface area is 122 Å². The summed E-state index contributed by atoms with van der Waals surface area (Å²) in [6.45, 7) is 0. The van der Waals surface area contributed by atoms with Crippen LogP contribution < -0.4 is 10.5 Å². The molecule has 0 spiro atoms. The summed E-state index contributed by atoms with van der Waals surface area (Å²) in [5, 5.41) is 10.3. The van der Waals surface area contributed by atoms with Gasteiger partial charge in [0.15, 0.2) is 0 Å². The highest BCUT2D eigenvalue weighted by molar-refractivity contribution is 5.80. The number of rotatable bonds is 3. The first kappa shape index (κ1) is 13.8. The van der Waals surface area contributed by atoms with E-state index in [0.29, 0.717) is 18.6 Å². The molecule has 3 rings (SSSR count). The van der Waals surface area contributed by atoms with Gasteiger partial charge < -0.3 is 15.6 Å². The number of hydrogen-bond acceptors (Lipinski definition) is 4. The Kier molecular flexibility index (Phi) is 3.51. The van der Waals surface area contributed by atoms with Gasteiger partial charge in [-0.2, -0.15) is 0 Å². The summed E-state index contributed by atoms with van der Waals surface area (Å²) in [5.74, 6) is -0.239. The molecule has 3 N–H and O–H groups in total. The Morgan fingerprint density at radius 3 is 3.10 bits per heavy atom. The maximum absolute atomic E-state index is 11.3. The summed E-state index contributed by atoms with van der Waals surface area (Å²) in [5.41, 5.74) is 5.64. The maximum Gasteiger partial charge on any atom is 0.323 e. The number of hydrogen-bond donors (Lipinski definition) is 2. The van der Waals surface area contributed by atoms with Gasteiger partial charge >= 0.3 is 5.97 Å². The highest BCUT2D eigenvalue weighted by Crippen LogP contribution is 2.30. The number of benzene rings is 1. The Morgan fingerprint density at radius 2 is 2.29 bits per heavy atom. The van der Waals surface area contributed by atoms with Crippen LogP contribution in [0.5, 0.6) is 5.75 Å². The van der Waals surface area contributed by atoms with Crippen LogP contribution in [-0.4, -0.2) is 27.7 Å². The van der Waals surface area contributed by atoms with E-state index in [1.807, 2.05) is 30.3 Å². The van der Waals surface area contributed by atoms with Gasteiger partial charge in [0.2, 0.25) is 0 Å². The number of nitrogens with two attached hydrogens (primary N) is 1. The fourth-order valence-corrected chi connectivity index (χ4v) is 2.86. The number of aliphatic carboxylic acids is 1. The molecule has 2 aromatic rings. The molecular weight excluding hydrogens is 268 g/mol. The number of carboxylic acid groups (broad SMARTS) is 1. The molecule has 1 aromatic carbocycles.